The van der Waals surface area contributed by atoms with Crippen LogP contribution in [0.3, 0.4) is 0 Å². The summed E-state index contributed by atoms with van der Waals surface area (Å²) in [6.07, 6.45) is 3.82. The van der Waals surface area contributed by atoms with Gasteiger partial charge < -0.3 is 10.0 Å². The van der Waals surface area contributed by atoms with Gasteiger partial charge in [0, 0.05) is 24.3 Å². The van der Waals surface area contributed by atoms with Crippen molar-refractivity contribution >= 4 is 5.69 Å². The molecule has 1 aromatic heterocycles. The summed E-state index contributed by atoms with van der Waals surface area (Å²) in [6, 6.07) is 14.1. The Labute approximate surface area is 145 Å². The van der Waals surface area contributed by atoms with Crippen molar-refractivity contribution in [1.29, 1.82) is 0 Å². The monoisotopic (exact) mass is 337 g/mol. The highest BCUT2D eigenvalue weighted by atomic mass is 19.1. The molecule has 4 nitrogen and oxygen atoms in total. The maximum Gasteiger partial charge on any atom is 0.125 e. The average molecular weight is 337 g/mol. The number of H-pyrrole nitrogens is 1. The molecule has 3 aromatic rings. The molecule has 25 heavy (non-hydrogen) atoms. The maximum absolute atomic E-state index is 13.4. The van der Waals surface area contributed by atoms with E-state index in [1.54, 1.807) is 0 Å². The van der Waals surface area contributed by atoms with Crippen LogP contribution in [0.1, 0.15) is 19.3 Å². The molecule has 1 aliphatic rings. The second-order valence-electron chi connectivity index (χ2n) is 6.42. The van der Waals surface area contributed by atoms with Crippen LogP contribution in [0.25, 0.3) is 22.5 Å². The third kappa shape index (κ3) is 3.22. The van der Waals surface area contributed by atoms with Crippen LogP contribution < -0.4 is 4.90 Å². The first kappa shape index (κ1) is 15.7. The van der Waals surface area contributed by atoms with Crippen LogP contribution in [0.4, 0.5) is 10.1 Å². The van der Waals surface area contributed by atoms with E-state index < -0.39 is 5.82 Å². The predicted molar refractivity (Wildman–Crippen MR) is 97.1 cm³/mol. The highest BCUT2D eigenvalue weighted by Gasteiger charge is 2.13. The fourth-order valence-electron chi connectivity index (χ4n) is 3.32. The fraction of sp³-hybridized carbons (Fsp3) is 0.250. The van der Waals surface area contributed by atoms with Gasteiger partial charge in [-0.1, -0.05) is 12.1 Å². The lowest BCUT2D eigenvalue weighted by Crippen LogP contribution is -2.29. The van der Waals surface area contributed by atoms with Gasteiger partial charge in [-0.3, -0.25) is 5.10 Å². The number of aromatic hydroxyl groups is 1. The lowest BCUT2D eigenvalue weighted by molar-refractivity contribution is 0.475. The molecule has 0 atom stereocenters. The summed E-state index contributed by atoms with van der Waals surface area (Å²) in [5.74, 6) is -0.386. The molecule has 2 N–H and O–H groups in total. The Kier molecular flexibility index (Phi) is 4.14. The van der Waals surface area contributed by atoms with E-state index in [1.165, 1.54) is 43.1 Å². The van der Waals surface area contributed by atoms with Gasteiger partial charge in [0.05, 0.1) is 11.4 Å². The number of piperidine rings is 1. The molecule has 0 saturated carbocycles. The second kappa shape index (κ2) is 6.59. The molecule has 5 heteroatoms. The van der Waals surface area contributed by atoms with E-state index in [0.717, 1.165) is 24.3 Å². The molecule has 0 unspecified atom stereocenters. The van der Waals surface area contributed by atoms with Gasteiger partial charge in [0.25, 0.3) is 0 Å². The van der Waals surface area contributed by atoms with Crippen LogP contribution in [-0.4, -0.2) is 28.4 Å². The summed E-state index contributed by atoms with van der Waals surface area (Å²) in [6.45, 7) is 2.23. The zero-order chi connectivity index (χ0) is 17.2. The number of benzene rings is 2. The number of rotatable bonds is 3. The minimum atomic E-state index is -0.400. The first-order valence-corrected chi connectivity index (χ1v) is 8.60. The van der Waals surface area contributed by atoms with Crippen LogP contribution in [0.5, 0.6) is 5.75 Å². The first-order chi connectivity index (χ1) is 12.2. The smallest absolute Gasteiger partial charge is 0.125 e. The first-order valence-electron chi connectivity index (χ1n) is 8.60. The molecule has 0 radical (unpaired) electrons. The molecule has 0 amide bonds. The molecule has 128 valence electrons. The van der Waals surface area contributed by atoms with Gasteiger partial charge in [0.2, 0.25) is 0 Å². The molecule has 1 fully saturated rings. The highest BCUT2D eigenvalue weighted by Crippen LogP contribution is 2.31. The second-order valence-corrected chi connectivity index (χ2v) is 6.42. The number of anilines is 1. The van der Waals surface area contributed by atoms with E-state index in [-0.39, 0.29) is 5.75 Å². The van der Waals surface area contributed by atoms with E-state index in [4.69, 9.17) is 0 Å². The van der Waals surface area contributed by atoms with Gasteiger partial charge >= 0.3 is 0 Å². The summed E-state index contributed by atoms with van der Waals surface area (Å²) in [4.78, 5) is 2.41. The Hall–Kier alpha value is -2.82. The van der Waals surface area contributed by atoms with Crippen LogP contribution >= 0.6 is 0 Å². The molecule has 1 aliphatic heterocycles. The normalized spacial score (nSPS) is 14.7. The maximum atomic E-state index is 13.4. The number of hydrogen-bond acceptors (Lipinski definition) is 3. The van der Waals surface area contributed by atoms with Crippen LogP contribution in [0.15, 0.2) is 48.5 Å². The summed E-state index contributed by atoms with van der Waals surface area (Å²) in [5, 5.41) is 17.1. The SMILES string of the molecule is Oc1ccc(F)cc1-c1cc(-c2ccc(N3CCCCC3)cc2)[nH]n1. The Balaban J connectivity index is 1.58. The summed E-state index contributed by atoms with van der Waals surface area (Å²) in [5.41, 5.74) is 3.99. The van der Waals surface area contributed by atoms with Crippen molar-refractivity contribution in [3.05, 3.63) is 54.3 Å². The van der Waals surface area contributed by atoms with Crippen molar-refractivity contribution in [1.82, 2.24) is 10.2 Å². The number of nitrogens with one attached hydrogen (secondary N) is 1. The van der Waals surface area contributed by atoms with E-state index in [9.17, 15) is 9.50 Å². The van der Waals surface area contributed by atoms with E-state index >= 15 is 0 Å². The molecule has 0 spiro atoms. The summed E-state index contributed by atoms with van der Waals surface area (Å²) < 4.78 is 13.4. The van der Waals surface area contributed by atoms with Crippen molar-refractivity contribution < 1.29 is 9.50 Å². The Morgan fingerprint density at radius 2 is 1.72 bits per heavy atom. The number of hydrogen-bond donors (Lipinski definition) is 2. The number of phenolic OH excluding ortho intramolecular Hbond substituents is 1. The third-order valence-corrected chi connectivity index (χ3v) is 4.71. The number of phenols is 1. The average Bonchev–Trinajstić information content (AvgIpc) is 3.14. The molecular weight excluding hydrogens is 317 g/mol. The number of nitrogens with zero attached hydrogens (tertiary/aromatic N) is 2. The van der Waals surface area contributed by atoms with Crippen molar-refractivity contribution in [3.63, 3.8) is 0 Å². The molecular formula is C20H20FN3O. The van der Waals surface area contributed by atoms with Gasteiger partial charge in [0.15, 0.2) is 0 Å². The Bertz CT molecular complexity index is 867. The van der Waals surface area contributed by atoms with Crippen LogP contribution in [0.2, 0.25) is 0 Å². The minimum Gasteiger partial charge on any atom is -0.507 e. The molecule has 1 saturated heterocycles. The van der Waals surface area contributed by atoms with E-state index in [1.807, 2.05) is 6.07 Å². The molecule has 0 bridgehead atoms. The van der Waals surface area contributed by atoms with Gasteiger partial charge in [-0.05, 0) is 61.2 Å². The third-order valence-electron chi connectivity index (χ3n) is 4.71. The standard InChI is InChI=1S/C20H20FN3O/c21-15-6-9-20(25)17(12-15)19-13-18(22-23-19)14-4-7-16(8-5-14)24-10-2-1-3-11-24/h4-9,12-13,25H,1-3,10-11H2,(H,22,23). The zero-order valence-corrected chi connectivity index (χ0v) is 13.9. The number of halogens is 1. The predicted octanol–water partition coefficient (Wildman–Crippen LogP) is 4.58. The highest BCUT2D eigenvalue weighted by molar-refractivity contribution is 5.72. The zero-order valence-electron chi connectivity index (χ0n) is 13.9. The summed E-state index contributed by atoms with van der Waals surface area (Å²) >= 11 is 0. The van der Waals surface area contributed by atoms with Gasteiger partial charge in [-0.2, -0.15) is 5.10 Å². The fourth-order valence-corrected chi connectivity index (χ4v) is 3.32. The van der Waals surface area contributed by atoms with Crippen molar-refractivity contribution in [2.45, 2.75) is 19.3 Å². The number of aromatic amines is 1. The van der Waals surface area contributed by atoms with Crippen LogP contribution in [-0.2, 0) is 0 Å². The van der Waals surface area contributed by atoms with Crippen molar-refractivity contribution in [2.24, 2.45) is 0 Å². The van der Waals surface area contributed by atoms with E-state index in [0.29, 0.717) is 11.3 Å². The minimum absolute atomic E-state index is 0.0138. The number of aromatic nitrogens is 2. The lowest BCUT2D eigenvalue weighted by atomic mass is 10.1. The quantitative estimate of drug-likeness (QED) is 0.735. The molecule has 4 rings (SSSR count). The molecule has 0 aliphatic carbocycles. The van der Waals surface area contributed by atoms with Gasteiger partial charge in [0.1, 0.15) is 11.6 Å². The van der Waals surface area contributed by atoms with Crippen LogP contribution in [0, 0.1) is 5.82 Å². The Morgan fingerprint density at radius 3 is 2.48 bits per heavy atom. The lowest BCUT2D eigenvalue weighted by Gasteiger charge is -2.28. The van der Waals surface area contributed by atoms with Gasteiger partial charge in [-0.25, -0.2) is 4.39 Å². The van der Waals surface area contributed by atoms with Gasteiger partial charge in [-0.15, -0.1) is 0 Å². The van der Waals surface area contributed by atoms with Crippen molar-refractivity contribution in [2.75, 3.05) is 18.0 Å². The topological polar surface area (TPSA) is 52.1 Å². The van der Waals surface area contributed by atoms with Crippen molar-refractivity contribution in [3.8, 4) is 28.3 Å². The Morgan fingerprint density at radius 1 is 0.960 bits per heavy atom. The summed E-state index contributed by atoms with van der Waals surface area (Å²) in [7, 11) is 0. The largest absolute Gasteiger partial charge is 0.507 e. The molecule has 2 aromatic carbocycles. The molecule has 2 heterocycles. The van der Waals surface area contributed by atoms with E-state index in [2.05, 4.69) is 39.4 Å².